The van der Waals surface area contributed by atoms with Crippen molar-refractivity contribution in [3.05, 3.63) is 69.8 Å². The fraction of sp³-hybridized carbons (Fsp3) is 0.0588. The molecule has 2 aromatic carbocycles. The first-order valence-corrected chi connectivity index (χ1v) is 7.07. The first-order valence-electron chi connectivity index (χ1n) is 7.07. The van der Waals surface area contributed by atoms with Crippen LogP contribution >= 0.6 is 0 Å². The summed E-state index contributed by atoms with van der Waals surface area (Å²) in [7, 11) is 0. The average molecular weight is 324 g/mol. The monoisotopic (exact) mass is 324 g/mol. The molecule has 7 heteroatoms. The second-order valence-electron chi connectivity index (χ2n) is 5.25. The van der Waals surface area contributed by atoms with Gasteiger partial charge in [-0.1, -0.05) is 18.2 Å². The summed E-state index contributed by atoms with van der Waals surface area (Å²) in [6.07, 6.45) is 1.49. The first-order chi connectivity index (χ1) is 11.5. The highest BCUT2D eigenvalue weighted by atomic mass is 16.6. The molecule has 2 amide bonds. The Kier molecular flexibility index (Phi) is 3.83. The summed E-state index contributed by atoms with van der Waals surface area (Å²) in [4.78, 5) is 35.9. The number of imide groups is 1. The van der Waals surface area contributed by atoms with Gasteiger partial charge < -0.3 is 5.11 Å². The summed E-state index contributed by atoms with van der Waals surface area (Å²) in [6, 6.07) is 11.6. The van der Waals surface area contributed by atoms with Crippen molar-refractivity contribution in [1.82, 2.24) is 0 Å². The molecule has 0 spiro atoms. The third kappa shape index (κ3) is 2.87. The lowest BCUT2D eigenvalue weighted by Crippen LogP contribution is -2.28. The van der Waals surface area contributed by atoms with Crippen molar-refractivity contribution in [3.8, 4) is 5.75 Å². The minimum Gasteiger partial charge on any atom is -0.508 e. The maximum atomic E-state index is 12.5. The molecule has 0 unspecified atom stereocenters. The predicted octanol–water partition coefficient (Wildman–Crippen LogP) is 2.65. The number of rotatable bonds is 3. The minimum atomic E-state index is -0.582. The first kappa shape index (κ1) is 15.4. The van der Waals surface area contributed by atoms with Gasteiger partial charge in [-0.3, -0.25) is 19.7 Å². The molecule has 2 aromatic rings. The zero-order chi connectivity index (χ0) is 17.3. The number of phenols is 1. The van der Waals surface area contributed by atoms with Gasteiger partial charge in [-0.05, 0) is 29.8 Å². The Hall–Kier alpha value is -3.48. The molecule has 1 fully saturated rings. The number of anilines is 1. The number of carbonyl (C=O) groups is 2. The number of amides is 2. The molecule has 0 saturated carbocycles. The molecule has 120 valence electrons. The Balaban J connectivity index is 1.93. The summed E-state index contributed by atoms with van der Waals surface area (Å²) in [6.45, 7) is 0. The van der Waals surface area contributed by atoms with E-state index in [9.17, 15) is 24.8 Å². The van der Waals surface area contributed by atoms with E-state index in [4.69, 9.17) is 0 Å². The highest BCUT2D eigenvalue weighted by Crippen LogP contribution is 2.29. The van der Waals surface area contributed by atoms with Crippen molar-refractivity contribution >= 4 is 29.3 Å². The van der Waals surface area contributed by atoms with E-state index >= 15 is 0 Å². The van der Waals surface area contributed by atoms with Crippen LogP contribution in [0.5, 0.6) is 5.75 Å². The highest BCUT2D eigenvalue weighted by Gasteiger charge is 2.35. The Morgan fingerprint density at radius 2 is 1.83 bits per heavy atom. The summed E-state index contributed by atoms with van der Waals surface area (Å²) in [5.74, 6) is -0.844. The molecule has 3 rings (SSSR count). The van der Waals surface area contributed by atoms with Crippen molar-refractivity contribution in [2.24, 2.45) is 0 Å². The van der Waals surface area contributed by atoms with Gasteiger partial charge in [0.2, 0.25) is 5.91 Å². The number of benzene rings is 2. The number of nitro benzene ring substituents is 1. The zero-order valence-electron chi connectivity index (χ0n) is 12.4. The summed E-state index contributed by atoms with van der Waals surface area (Å²) >= 11 is 0. The molecule has 0 aromatic heterocycles. The summed E-state index contributed by atoms with van der Waals surface area (Å²) in [5, 5.41) is 20.1. The molecular formula is C17H12N2O5. The minimum absolute atomic E-state index is 0.0810. The van der Waals surface area contributed by atoms with Crippen LogP contribution in [0.2, 0.25) is 0 Å². The van der Waals surface area contributed by atoms with Crippen LogP contribution < -0.4 is 4.90 Å². The van der Waals surface area contributed by atoms with Crippen LogP contribution in [0, 0.1) is 10.1 Å². The molecule has 1 aliphatic rings. The lowest BCUT2D eigenvalue weighted by molar-refractivity contribution is -0.384. The van der Waals surface area contributed by atoms with Crippen LogP contribution in [-0.2, 0) is 9.59 Å². The standard InChI is InChI=1S/C17H12N2O5/c20-15-6-4-11(5-7-15)8-12-9-16(21)18(17(12)22)13-2-1-3-14(10-13)19(23)24/h1-8,10,20H,9H2/b12-8+. The maximum Gasteiger partial charge on any atom is 0.271 e. The second kappa shape index (κ2) is 5.96. The molecule has 1 heterocycles. The lowest BCUT2D eigenvalue weighted by atomic mass is 10.1. The maximum absolute atomic E-state index is 12.5. The lowest BCUT2D eigenvalue weighted by Gasteiger charge is -2.12. The molecule has 1 saturated heterocycles. The van der Waals surface area contributed by atoms with E-state index in [0.717, 1.165) is 4.90 Å². The van der Waals surface area contributed by atoms with Gasteiger partial charge >= 0.3 is 0 Å². The van der Waals surface area contributed by atoms with Gasteiger partial charge in [-0.15, -0.1) is 0 Å². The third-order valence-corrected chi connectivity index (χ3v) is 3.60. The van der Waals surface area contributed by atoms with E-state index in [-0.39, 0.29) is 29.1 Å². The fourth-order valence-electron chi connectivity index (χ4n) is 2.47. The second-order valence-corrected chi connectivity index (χ2v) is 5.25. The van der Waals surface area contributed by atoms with Crippen molar-refractivity contribution in [1.29, 1.82) is 0 Å². The molecule has 0 bridgehead atoms. The fourth-order valence-corrected chi connectivity index (χ4v) is 2.47. The zero-order valence-corrected chi connectivity index (χ0v) is 12.4. The van der Waals surface area contributed by atoms with Gasteiger partial charge in [0.25, 0.3) is 11.6 Å². The van der Waals surface area contributed by atoms with Gasteiger partial charge in [-0.25, -0.2) is 4.90 Å². The molecule has 0 atom stereocenters. The normalized spacial score (nSPS) is 16.0. The molecule has 0 aliphatic carbocycles. The molecule has 1 aliphatic heterocycles. The number of nitro groups is 1. The van der Waals surface area contributed by atoms with E-state index in [0.29, 0.717) is 5.56 Å². The Labute approximate surface area is 136 Å². The highest BCUT2D eigenvalue weighted by molar-refractivity contribution is 6.29. The average Bonchev–Trinajstić information content (AvgIpc) is 2.83. The van der Waals surface area contributed by atoms with Crippen LogP contribution in [0.4, 0.5) is 11.4 Å². The van der Waals surface area contributed by atoms with Crippen LogP contribution in [0.1, 0.15) is 12.0 Å². The largest absolute Gasteiger partial charge is 0.508 e. The SMILES string of the molecule is O=C1C/C(=C\c2ccc(O)cc2)C(=O)N1c1cccc([N+](=O)[O-])c1. The summed E-state index contributed by atoms with van der Waals surface area (Å²) in [5.41, 5.74) is 0.944. The number of nitrogens with zero attached hydrogens (tertiary/aromatic N) is 2. The van der Waals surface area contributed by atoms with Crippen LogP contribution in [-0.4, -0.2) is 21.8 Å². The molecule has 24 heavy (non-hydrogen) atoms. The number of phenolic OH excluding ortho intramolecular Hbond substituents is 1. The van der Waals surface area contributed by atoms with Crippen molar-refractivity contribution in [3.63, 3.8) is 0 Å². The number of aromatic hydroxyl groups is 1. The summed E-state index contributed by atoms with van der Waals surface area (Å²) < 4.78 is 0. The van der Waals surface area contributed by atoms with Crippen LogP contribution in [0.3, 0.4) is 0 Å². The van der Waals surface area contributed by atoms with Gasteiger partial charge in [0, 0.05) is 17.7 Å². The molecule has 0 radical (unpaired) electrons. The molecule has 7 nitrogen and oxygen atoms in total. The van der Waals surface area contributed by atoms with Gasteiger partial charge in [0.05, 0.1) is 17.0 Å². The van der Waals surface area contributed by atoms with Crippen molar-refractivity contribution in [2.75, 3.05) is 4.90 Å². The predicted molar refractivity (Wildman–Crippen MR) is 86.3 cm³/mol. The van der Waals surface area contributed by atoms with E-state index in [1.54, 1.807) is 18.2 Å². The number of carbonyl (C=O) groups excluding carboxylic acids is 2. The van der Waals surface area contributed by atoms with E-state index in [1.165, 1.54) is 36.4 Å². The van der Waals surface area contributed by atoms with Crippen molar-refractivity contribution in [2.45, 2.75) is 6.42 Å². The topological polar surface area (TPSA) is 101 Å². The number of hydrogen-bond acceptors (Lipinski definition) is 5. The molecule has 1 N–H and O–H groups in total. The third-order valence-electron chi connectivity index (χ3n) is 3.60. The van der Waals surface area contributed by atoms with Gasteiger partial charge in [0.15, 0.2) is 0 Å². The number of non-ortho nitro benzene ring substituents is 1. The smallest absolute Gasteiger partial charge is 0.271 e. The van der Waals surface area contributed by atoms with Gasteiger partial charge in [0.1, 0.15) is 5.75 Å². The van der Waals surface area contributed by atoms with E-state index < -0.39 is 16.7 Å². The van der Waals surface area contributed by atoms with E-state index in [1.807, 2.05) is 0 Å². The van der Waals surface area contributed by atoms with E-state index in [2.05, 4.69) is 0 Å². The Morgan fingerprint density at radius 1 is 1.12 bits per heavy atom. The van der Waals surface area contributed by atoms with Crippen LogP contribution in [0.15, 0.2) is 54.1 Å². The molecular weight excluding hydrogens is 312 g/mol. The Bertz CT molecular complexity index is 871. The quantitative estimate of drug-likeness (QED) is 0.405. The Morgan fingerprint density at radius 3 is 2.50 bits per heavy atom. The van der Waals surface area contributed by atoms with Gasteiger partial charge in [-0.2, -0.15) is 0 Å². The number of hydrogen-bond donors (Lipinski definition) is 1. The van der Waals surface area contributed by atoms with Crippen molar-refractivity contribution < 1.29 is 19.6 Å². The van der Waals surface area contributed by atoms with Crippen LogP contribution in [0.25, 0.3) is 6.08 Å².